The van der Waals surface area contributed by atoms with Crippen molar-refractivity contribution in [3.63, 3.8) is 0 Å². The van der Waals surface area contributed by atoms with Crippen LogP contribution in [-0.4, -0.2) is 28.3 Å². The lowest BCUT2D eigenvalue weighted by atomic mass is 10.2. The summed E-state index contributed by atoms with van der Waals surface area (Å²) < 4.78 is 0. The Labute approximate surface area is 124 Å². The molecule has 4 nitrogen and oxygen atoms in total. The van der Waals surface area contributed by atoms with Crippen molar-refractivity contribution >= 4 is 11.3 Å². The Bertz CT molecular complexity index is 519. The van der Waals surface area contributed by atoms with E-state index < -0.39 is 0 Å². The van der Waals surface area contributed by atoms with E-state index in [0.29, 0.717) is 5.92 Å². The highest BCUT2D eigenvalue weighted by atomic mass is 32.1. The van der Waals surface area contributed by atoms with E-state index in [1.807, 2.05) is 19.2 Å². The molecule has 0 aromatic carbocycles. The van der Waals surface area contributed by atoms with Gasteiger partial charge in [0.2, 0.25) is 0 Å². The molecule has 0 amide bonds. The molecule has 1 N–H and O–H groups in total. The summed E-state index contributed by atoms with van der Waals surface area (Å²) in [7, 11) is 0. The Balaban J connectivity index is 1.82. The maximum absolute atomic E-state index is 4.30. The van der Waals surface area contributed by atoms with Crippen LogP contribution in [0.2, 0.25) is 0 Å². The van der Waals surface area contributed by atoms with Gasteiger partial charge in [-0.3, -0.25) is 4.98 Å². The molecule has 0 bridgehead atoms. The van der Waals surface area contributed by atoms with Crippen LogP contribution in [0.5, 0.6) is 0 Å². The first-order valence-corrected chi connectivity index (χ1v) is 7.93. The predicted octanol–water partition coefficient (Wildman–Crippen LogP) is 3.09. The summed E-state index contributed by atoms with van der Waals surface area (Å²) in [4.78, 5) is 4.30. The molecule has 0 saturated heterocycles. The molecule has 2 rings (SSSR count). The lowest BCUT2D eigenvalue weighted by Crippen LogP contribution is -2.21. The summed E-state index contributed by atoms with van der Waals surface area (Å²) in [5, 5.41) is 14.0. The van der Waals surface area contributed by atoms with Crippen molar-refractivity contribution in [2.24, 2.45) is 5.92 Å². The van der Waals surface area contributed by atoms with E-state index in [-0.39, 0.29) is 0 Å². The first kappa shape index (κ1) is 15.1. The molecule has 20 heavy (non-hydrogen) atoms. The molecule has 0 radical (unpaired) electrons. The Morgan fingerprint density at radius 1 is 1.25 bits per heavy atom. The lowest BCUT2D eigenvalue weighted by molar-refractivity contribution is 0.542. The van der Waals surface area contributed by atoms with Gasteiger partial charge in [-0.05, 0) is 44.5 Å². The van der Waals surface area contributed by atoms with E-state index in [4.69, 9.17) is 0 Å². The minimum Gasteiger partial charge on any atom is -0.316 e. The van der Waals surface area contributed by atoms with Crippen molar-refractivity contribution < 1.29 is 0 Å². The Kier molecular flexibility index (Phi) is 5.61. The van der Waals surface area contributed by atoms with Crippen molar-refractivity contribution in [2.75, 3.05) is 13.1 Å². The van der Waals surface area contributed by atoms with Gasteiger partial charge in [0.05, 0.1) is 0 Å². The summed E-state index contributed by atoms with van der Waals surface area (Å²) in [6, 6.07) is 4.06. The number of aromatic nitrogens is 3. The quantitative estimate of drug-likeness (QED) is 0.796. The molecule has 0 aliphatic heterocycles. The zero-order chi connectivity index (χ0) is 14.4. The van der Waals surface area contributed by atoms with Crippen LogP contribution in [0.1, 0.15) is 31.0 Å². The molecule has 0 saturated carbocycles. The fourth-order valence-electron chi connectivity index (χ4n) is 1.82. The summed E-state index contributed by atoms with van der Waals surface area (Å²) in [5.74, 6) is 0.706. The normalized spacial score (nSPS) is 11.2. The van der Waals surface area contributed by atoms with Crippen molar-refractivity contribution in [3.05, 3.63) is 29.0 Å². The standard InChI is InChI=1S/C15H22N4S/c1-11(2)9-16-8-4-5-14-18-19-15(20-14)13-7-6-12(3)17-10-13/h6-7,10-11,16H,4-5,8-9H2,1-3H3. The second-order valence-corrected chi connectivity index (χ2v) is 6.45. The second-order valence-electron chi connectivity index (χ2n) is 5.39. The second kappa shape index (κ2) is 7.45. The third-order valence-corrected chi connectivity index (χ3v) is 3.95. The molecule has 0 fully saturated rings. The van der Waals surface area contributed by atoms with Crippen molar-refractivity contribution in [1.29, 1.82) is 0 Å². The van der Waals surface area contributed by atoms with Gasteiger partial charge in [0.1, 0.15) is 10.0 Å². The highest BCUT2D eigenvalue weighted by Gasteiger charge is 2.06. The molecule has 0 atom stereocenters. The maximum atomic E-state index is 4.30. The molecule has 0 aliphatic carbocycles. The SMILES string of the molecule is Cc1ccc(-c2nnc(CCCNCC(C)C)s2)cn1. The van der Waals surface area contributed by atoms with E-state index in [9.17, 15) is 0 Å². The van der Waals surface area contributed by atoms with E-state index in [1.54, 1.807) is 11.3 Å². The number of hydrogen-bond acceptors (Lipinski definition) is 5. The topological polar surface area (TPSA) is 50.7 Å². The number of nitrogens with zero attached hydrogens (tertiary/aromatic N) is 3. The van der Waals surface area contributed by atoms with Gasteiger partial charge in [-0.15, -0.1) is 10.2 Å². The molecule has 5 heteroatoms. The van der Waals surface area contributed by atoms with Crippen LogP contribution in [0.4, 0.5) is 0 Å². The van der Waals surface area contributed by atoms with E-state index >= 15 is 0 Å². The lowest BCUT2D eigenvalue weighted by Gasteiger charge is -2.05. The zero-order valence-electron chi connectivity index (χ0n) is 12.4. The number of hydrogen-bond donors (Lipinski definition) is 1. The van der Waals surface area contributed by atoms with Gasteiger partial charge < -0.3 is 5.32 Å². The van der Waals surface area contributed by atoms with Gasteiger partial charge in [-0.2, -0.15) is 0 Å². The van der Waals surface area contributed by atoms with Crippen LogP contribution < -0.4 is 5.32 Å². The zero-order valence-corrected chi connectivity index (χ0v) is 13.2. The number of pyridine rings is 1. The van der Waals surface area contributed by atoms with Crippen LogP contribution >= 0.6 is 11.3 Å². The van der Waals surface area contributed by atoms with Crippen LogP contribution in [-0.2, 0) is 6.42 Å². The summed E-state index contributed by atoms with van der Waals surface area (Å²) >= 11 is 1.67. The van der Waals surface area contributed by atoms with Crippen molar-refractivity contribution in [3.8, 4) is 10.6 Å². The predicted molar refractivity (Wildman–Crippen MR) is 83.9 cm³/mol. The molecule has 108 valence electrons. The molecule has 2 aromatic heterocycles. The molecule has 0 unspecified atom stereocenters. The average Bonchev–Trinajstić information content (AvgIpc) is 2.87. The molecular formula is C15H22N4S. The van der Waals surface area contributed by atoms with E-state index in [0.717, 1.165) is 47.2 Å². The summed E-state index contributed by atoms with van der Waals surface area (Å²) in [6.45, 7) is 8.55. The van der Waals surface area contributed by atoms with Gasteiger partial charge in [-0.1, -0.05) is 25.2 Å². The summed E-state index contributed by atoms with van der Waals surface area (Å²) in [6.07, 6.45) is 3.96. The largest absolute Gasteiger partial charge is 0.316 e. The van der Waals surface area contributed by atoms with Gasteiger partial charge >= 0.3 is 0 Å². The monoisotopic (exact) mass is 290 g/mol. The fourth-order valence-corrected chi connectivity index (χ4v) is 2.69. The molecule has 0 spiro atoms. The number of aryl methyl sites for hydroxylation is 2. The Morgan fingerprint density at radius 3 is 2.80 bits per heavy atom. The summed E-state index contributed by atoms with van der Waals surface area (Å²) in [5.41, 5.74) is 2.08. The average molecular weight is 290 g/mol. The van der Waals surface area contributed by atoms with Crippen molar-refractivity contribution in [2.45, 2.75) is 33.6 Å². The molecule has 0 aliphatic rings. The molecular weight excluding hydrogens is 268 g/mol. The smallest absolute Gasteiger partial charge is 0.149 e. The maximum Gasteiger partial charge on any atom is 0.149 e. The third kappa shape index (κ3) is 4.65. The van der Waals surface area contributed by atoms with Gasteiger partial charge in [-0.25, -0.2) is 0 Å². The van der Waals surface area contributed by atoms with E-state index in [1.165, 1.54) is 0 Å². The van der Waals surface area contributed by atoms with Gasteiger partial charge in [0, 0.05) is 23.9 Å². The van der Waals surface area contributed by atoms with Crippen LogP contribution in [0.15, 0.2) is 18.3 Å². The van der Waals surface area contributed by atoms with Crippen LogP contribution in [0.25, 0.3) is 10.6 Å². The highest BCUT2D eigenvalue weighted by Crippen LogP contribution is 2.23. The minimum absolute atomic E-state index is 0.706. The Morgan fingerprint density at radius 2 is 2.10 bits per heavy atom. The number of rotatable bonds is 7. The van der Waals surface area contributed by atoms with Crippen molar-refractivity contribution in [1.82, 2.24) is 20.5 Å². The first-order valence-electron chi connectivity index (χ1n) is 7.11. The minimum atomic E-state index is 0.706. The first-order chi connectivity index (χ1) is 9.65. The Hall–Kier alpha value is -1.33. The fraction of sp³-hybridized carbons (Fsp3) is 0.533. The van der Waals surface area contributed by atoms with Crippen LogP contribution in [0, 0.1) is 12.8 Å². The third-order valence-electron chi connectivity index (χ3n) is 2.92. The van der Waals surface area contributed by atoms with Gasteiger partial charge in [0.25, 0.3) is 0 Å². The van der Waals surface area contributed by atoms with Crippen LogP contribution in [0.3, 0.4) is 0 Å². The molecule has 2 aromatic rings. The van der Waals surface area contributed by atoms with E-state index in [2.05, 4.69) is 40.4 Å². The highest BCUT2D eigenvalue weighted by molar-refractivity contribution is 7.14. The number of nitrogens with one attached hydrogen (secondary N) is 1. The molecule has 2 heterocycles. The van der Waals surface area contributed by atoms with Gasteiger partial charge in [0.15, 0.2) is 0 Å².